The third-order valence-electron chi connectivity index (χ3n) is 5.91. The number of carbonyl (C=O) groups is 1. The summed E-state index contributed by atoms with van der Waals surface area (Å²) < 4.78 is 0. The maximum absolute atomic E-state index is 11.9. The number of amides is 1. The topological polar surface area (TPSA) is 149 Å². The van der Waals surface area contributed by atoms with Crippen molar-refractivity contribution < 1.29 is 14.8 Å². The molecule has 1 aliphatic heterocycles. The molecule has 2 aromatic carbocycles. The standard InChI is InChI=1S/C23H23BN6O3/c1-12-19(15-6-3-7-16(21(25)31)20(15)28-12)23-29-18-11-26-10-17(18)22(30-23)27-9-13-4-2-5-14(8-13)24(32)33/h2-8,26,28,32-33H,9-11H2,1H3,(H2,25,31)(H,27,29,30). The average molecular weight is 442 g/mol. The smallest absolute Gasteiger partial charge is 0.423 e. The van der Waals surface area contributed by atoms with Gasteiger partial charge in [-0.2, -0.15) is 0 Å². The van der Waals surface area contributed by atoms with Crippen LogP contribution in [0, 0.1) is 6.92 Å². The molecule has 166 valence electrons. The zero-order valence-electron chi connectivity index (χ0n) is 18.0. The predicted molar refractivity (Wildman–Crippen MR) is 127 cm³/mol. The van der Waals surface area contributed by atoms with Crippen LogP contribution in [0.15, 0.2) is 42.5 Å². The Bertz CT molecular complexity index is 1380. The highest BCUT2D eigenvalue weighted by molar-refractivity contribution is 6.58. The molecule has 33 heavy (non-hydrogen) atoms. The van der Waals surface area contributed by atoms with Crippen LogP contribution in [0.1, 0.15) is 32.9 Å². The van der Waals surface area contributed by atoms with Crippen LogP contribution in [0.3, 0.4) is 0 Å². The zero-order chi connectivity index (χ0) is 23.1. The quantitative estimate of drug-likeness (QED) is 0.243. The Morgan fingerprint density at radius 1 is 1.18 bits per heavy atom. The van der Waals surface area contributed by atoms with E-state index in [1.807, 2.05) is 19.1 Å². The molecule has 2 aromatic heterocycles. The number of aromatic nitrogens is 3. The monoisotopic (exact) mass is 442 g/mol. The van der Waals surface area contributed by atoms with Crippen molar-refractivity contribution in [2.24, 2.45) is 5.73 Å². The molecule has 0 unspecified atom stereocenters. The number of primary amides is 1. The van der Waals surface area contributed by atoms with Gasteiger partial charge in [-0.05, 0) is 24.0 Å². The van der Waals surface area contributed by atoms with Crippen LogP contribution in [-0.4, -0.2) is 38.0 Å². The molecule has 0 saturated heterocycles. The molecule has 10 heteroatoms. The molecule has 0 bridgehead atoms. The van der Waals surface area contributed by atoms with E-state index < -0.39 is 13.0 Å². The summed E-state index contributed by atoms with van der Waals surface area (Å²) in [4.78, 5) is 24.8. The Kier molecular flexibility index (Phi) is 5.33. The Hall–Kier alpha value is -3.73. The lowest BCUT2D eigenvalue weighted by Gasteiger charge is -2.13. The Morgan fingerprint density at radius 3 is 2.79 bits per heavy atom. The van der Waals surface area contributed by atoms with Gasteiger partial charge in [0.05, 0.1) is 16.8 Å². The molecule has 0 atom stereocenters. The number of nitrogens with one attached hydrogen (secondary N) is 3. The summed E-state index contributed by atoms with van der Waals surface area (Å²) in [7, 11) is -1.51. The Balaban J connectivity index is 1.56. The van der Waals surface area contributed by atoms with Crippen molar-refractivity contribution in [1.82, 2.24) is 20.3 Å². The lowest BCUT2D eigenvalue weighted by Crippen LogP contribution is -2.30. The third-order valence-corrected chi connectivity index (χ3v) is 5.91. The van der Waals surface area contributed by atoms with E-state index in [2.05, 4.69) is 15.6 Å². The first-order valence-electron chi connectivity index (χ1n) is 10.6. The van der Waals surface area contributed by atoms with E-state index in [9.17, 15) is 14.8 Å². The summed E-state index contributed by atoms with van der Waals surface area (Å²) in [5.41, 5.74) is 11.6. The molecular weight excluding hydrogens is 419 g/mol. The number of H-pyrrole nitrogens is 1. The number of nitrogens with two attached hydrogens (primary N) is 1. The maximum atomic E-state index is 11.9. The minimum Gasteiger partial charge on any atom is -0.423 e. The fraction of sp³-hybridized carbons (Fsp3) is 0.174. The van der Waals surface area contributed by atoms with Gasteiger partial charge < -0.3 is 31.4 Å². The zero-order valence-corrected chi connectivity index (χ0v) is 18.0. The van der Waals surface area contributed by atoms with Gasteiger partial charge in [0.25, 0.3) is 5.91 Å². The van der Waals surface area contributed by atoms with Gasteiger partial charge in [-0.1, -0.05) is 36.4 Å². The van der Waals surface area contributed by atoms with Crippen LogP contribution in [0.2, 0.25) is 0 Å². The van der Waals surface area contributed by atoms with Gasteiger partial charge in [-0.25, -0.2) is 9.97 Å². The summed E-state index contributed by atoms with van der Waals surface area (Å²) in [5, 5.41) is 26.4. The number of hydrogen-bond acceptors (Lipinski definition) is 7. The first-order valence-corrected chi connectivity index (χ1v) is 10.6. The molecule has 4 aromatic rings. The highest BCUT2D eigenvalue weighted by Crippen LogP contribution is 2.34. The number of para-hydroxylation sites is 1. The fourth-order valence-corrected chi connectivity index (χ4v) is 4.32. The summed E-state index contributed by atoms with van der Waals surface area (Å²) in [5.74, 6) is 0.782. The lowest BCUT2D eigenvalue weighted by molar-refractivity contribution is 0.100. The number of hydrogen-bond donors (Lipinski definition) is 6. The molecule has 5 rings (SSSR count). The van der Waals surface area contributed by atoms with Crippen molar-refractivity contribution in [3.63, 3.8) is 0 Å². The van der Waals surface area contributed by atoms with Crippen LogP contribution in [0.5, 0.6) is 0 Å². The second kappa shape index (κ2) is 8.32. The van der Waals surface area contributed by atoms with Crippen LogP contribution < -0.4 is 21.8 Å². The molecule has 3 heterocycles. The van der Waals surface area contributed by atoms with Crippen LogP contribution in [-0.2, 0) is 19.6 Å². The lowest BCUT2D eigenvalue weighted by atomic mass is 9.79. The van der Waals surface area contributed by atoms with Crippen LogP contribution in [0.25, 0.3) is 22.3 Å². The number of fused-ring (bicyclic) bond motifs is 2. The number of aromatic amines is 1. The normalized spacial score (nSPS) is 12.7. The van der Waals surface area contributed by atoms with Gasteiger partial charge >= 0.3 is 7.12 Å². The molecule has 0 fully saturated rings. The number of carbonyl (C=O) groups excluding carboxylic acids is 1. The Morgan fingerprint density at radius 2 is 2.00 bits per heavy atom. The second-order valence-corrected chi connectivity index (χ2v) is 8.11. The molecule has 1 aliphatic rings. The molecule has 1 amide bonds. The number of benzene rings is 2. The fourth-order valence-electron chi connectivity index (χ4n) is 4.32. The van der Waals surface area contributed by atoms with Crippen molar-refractivity contribution in [3.8, 4) is 11.4 Å². The molecule has 9 nitrogen and oxygen atoms in total. The van der Waals surface area contributed by atoms with Crippen molar-refractivity contribution in [2.75, 3.05) is 5.32 Å². The predicted octanol–water partition coefficient (Wildman–Crippen LogP) is 0.927. The van der Waals surface area contributed by atoms with E-state index >= 15 is 0 Å². The summed E-state index contributed by atoms with van der Waals surface area (Å²) >= 11 is 0. The van der Waals surface area contributed by atoms with E-state index in [1.54, 1.807) is 30.3 Å². The number of aryl methyl sites for hydroxylation is 1. The van der Waals surface area contributed by atoms with Crippen molar-refractivity contribution in [3.05, 3.63) is 70.5 Å². The van der Waals surface area contributed by atoms with E-state index in [-0.39, 0.29) is 0 Å². The van der Waals surface area contributed by atoms with Crippen LogP contribution >= 0.6 is 0 Å². The summed E-state index contributed by atoms with van der Waals surface area (Å²) in [6.07, 6.45) is 0. The van der Waals surface area contributed by atoms with Crippen molar-refractivity contribution in [1.29, 1.82) is 0 Å². The minimum atomic E-state index is -1.51. The van der Waals surface area contributed by atoms with E-state index in [0.29, 0.717) is 42.0 Å². The molecule has 0 saturated carbocycles. The van der Waals surface area contributed by atoms with Gasteiger partial charge in [-0.15, -0.1) is 0 Å². The maximum Gasteiger partial charge on any atom is 0.488 e. The minimum absolute atomic E-state index is 0.425. The van der Waals surface area contributed by atoms with Gasteiger partial charge in [0.15, 0.2) is 5.82 Å². The Labute approximate surface area is 190 Å². The summed E-state index contributed by atoms with van der Waals surface area (Å²) in [6, 6.07) is 12.5. The SMILES string of the molecule is Cc1[nH]c2c(C(N)=O)cccc2c1-c1nc2c(c(NCc3cccc(B(O)O)c3)n1)CNC2. The average Bonchev–Trinajstić information content (AvgIpc) is 3.40. The number of anilines is 1. The molecule has 0 spiro atoms. The third kappa shape index (κ3) is 3.84. The first-order chi connectivity index (χ1) is 15.9. The molecular formula is C23H23BN6O3. The van der Waals surface area contributed by atoms with Gasteiger partial charge in [-0.3, -0.25) is 4.79 Å². The van der Waals surface area contributed by atoms with Crippen LogP contribution in [0.4, 0.5) is 5.82 Å². The number of rotatable bonds is 6. The first kappa shape index (κ1) is 21.1. The summed E-state index contributed by atoms with van der Waals surface area (Å²) in [6.45, 7) is 3.68. The van der Waals surface area contributed by atoms with Gasteiger partial charge in [0, 0.05) is 41.8 Å². The molecule has 0 radical (unpaired) electrons. The van der Waals surface area contributed by atoms with E-state index in [0.717, 1.165) is 39.3 Å². The number of nitrogens with zero attached hydrogens (tertiary/aromatic N) is 2. The van der Waals surface area contributed by atoms with E-state index in [1.165, 1.54) is 0 Å². The highest BCUT2D eigenvalue weighted by atomic mass is 16.4. The van der Waals surface area contributed by atoms with Gasteiger partial charge in [0.2, 0.25) is 0 Å². The largest absolute Gasteiger partial charge is 0.488 e. The molecule has 0 aliphatic carbocycles. The second-order valence-electron chi connectivity index (χ2n) is 8.11. The molecule has 7 N–H and O–H groups in total. The van der Waals surface area contributed by atoms with Crippen molar-refractivity contribution >= 4 is 35.2 Å². The van der Waals surface area contributed by atoms with Gasteiger partial charge in [0.1, 0.15) is 5.82 Å². The van der Waals surface area contributed by atoms with E-state index in [4.69, 9.17) is 15.7 Å². The highest BCUT2D eigenvalue weighted by Gasteiger charge is 2.23. The van der Waals surface area contributed by atoms with Crippen molar-refractivity contribution in [2.45, 2.75) is 26.6 Å².